The molecule has 0 spiro atoms. The smallest absolute Gasteiger partial charge is 0.179 e. The molecule has 1 N–H and O–H groups in total. The Kier molecular flexibility index (Phi) is 7.88. The van der Waals surface area contributed by atoms with Crippen molar-refractivity contribution >= 4 is 17.8 Å². The summed E-state index contributed by atoms with van der Waals surface area (Å²) in [6, 6.07) is 3.43. The maximum Gasteiger partial charge on any atom is 0.179 e. The highest BCUT2D eigenvalue weighted by atomic mass is 35.5. The van der Waals surface area contributed by atoms with Gasteiger partial charge < -0.3 is 14.7 Å². The summed E-state index contributed by atoms with van der Waals surface area (Å²) < 4.78 is 11.3. The average Bonchev–Trinajstić information content (AvgIpc) is 2.42. The monoisotopic (exact) mass is 299 g/mol. The second kappa shape index (κ2) is 9.48. The second-order valence-corrected chi connectivity index (χ2v) is 4.82. The minimum atomic E-state index is 0.460. The first kappa shape index (κ1) is 16.6. The zero-order valence-electron chi connectivity index (χ0n) is 12.1. The molecular formula is C15H22ClNO3. The van der Waals surface area contributed by atoms with Gasteiger partial charge in [-0.05, 0) is 25.5 Å². The number of ether oxygens (including phenoxy) is 2. The summed E-state index contributed by atoms with van der Waals surface area (Å²) in [5.74, 6) is 1.13. The van der Waals surface area contributed by atoms with Gasteiger partial charge in [-0.15, -0.1) is 0 Å². The SMILES string of the molecule is CCCCCCOc1c(Cl)cc(C=NO)cc1OCC. The Morgan fingerprint density at radius 1 is 1.20 bits per heavy atom. The predicted octanol–water partition coefficient (Wildman–Crippen LogP) is 4.51. The van der Waals surface area contributed by atoms with Gasteiger partial charge in [0.1, 0.15) is 0 Å². The number of benzene rings is 1. The van der Waals surface area contributed by atoms with E-state index in [4.69, 9.17) is 26.3 Å². The van der Waals surface area contributed by atoms with Crippen LogP contribution >= 0.6 is 11.6 Å². The molecule has 0 fully saturated rings. The van der Waals surface area contributed by atoms with Gasteiger partial charge in [-0.1, -0.05) is 42.9 Å². The maximum absolute atomic E-state index is 8.58. The van der Waals surface area contributed by atoms with E-state index < -0.39 is 0 Å². The summed E-state index contributed by atoms with van der Waals surface area (Å²) in [7, 11) is 0. The largest absolute Gasteiger partial charge is 0.490 e. The molecule has 0 aliphatic rings. The van der Waals surface area contributed by atoms with Crippen LogP contribution in [0.1, 0.15) is 45.1 Å². The van der Waals surface area contributed by atoms with Crippen LogP contribution in [-0.4, -0.2) is 24.6 Å². The molecule has 0 bridgehead atoms. The van der Waals surface area contributed by atoms with Crippen molar-refractivity contribution in [2.24, 2.45) is 5.16 Å². The summed E-state index contributed by atoms with van der Waals surface area (Å²) >= 11 is 6.20. The van der Waals surface area contributed by atoms with Crippen LogP contribution < -0.4 is 9.47 Å². The molecule has 0 saturated heterocycles. The molecule has 0 radical (unpaired) electrons. The summed E-state index contributed by atoms with van der Waals surface area (Å²) in [6.07, 6.45) is 5.85. The molecule has 1 aromatic carbocycles. The lowest BCUT2D eigenvalue weighted by Crippen LogP contribution is -2.02. The van der Waals surface area contributed by atoms with Crippen LogP contribution in [0.5, 0.6) is 11.5 Å². The standard InChI is InChI=1S/C15H22ClNO3/c1-3-5-6-7-8-20-15-13(16)9-12(11-17-18)10-14(15)19-4-2/h9-11,18H,3-8H2,1-2H3. The van der Waals surface area contributed by atoms with Crippen LogP contribution in [0.25, 0.3) is 0 Å². The first-order valence-electron chi connectivity index (χ1n) is 6.99. The van der Waals surface area contributed by atoms with Crippen molar-refractivity contribution in [1.29, 1.82) is 0 Å². The van der Waals surface area contributed by atoms with Gasteiger partial charge in [0.25, 0.3) is 0 Å². The van der Waals surface area contributed by atoms with Crippen LogP contribution in [0.3, 0.4) is 0 Å². The van der Waals surface area contributed by atoms with Crippen molar-refractivity contribution < 1.29 is 14.7 Å². The molecule has 4 nitrogen and oxygen atoms in total. The van der Waals surface area contributed by atoms with E-state index in [1.807, 2.05) is 6.92 Å². The molecule has 0 amide bonds. The number of hydrogen-bond donors (Lipinski definition) is 1. The number of rotatable bonds is 9. The minimum Gasteiger partial charge on any atom is -0.490 e. The molecular weight excluding hydrogens is 278 g/mol. The van der Waals surface area contributed by atoms with Gasteiger partial charge in [-0.3, -0.25) is 0 Å². The van der Waals surface area contributed by atoms with Gasteiger partial charge in [0.15, 0.2) is 11.5 Å². The maximum atomic E-state index is 8.58. The minimum absolute atomic E-state index is 0.460. The zero-order valence-corrected chi connectivity index (χ0v) is 12.8. The van der Waals surface area contributed by atoms with Crippen LogP contribution in [0, 0.1) is 0 Å². The summed E-state index contributed by atoms with van der Waals surface area (Å²) in [4.78, 5) is 0. The van der Waals surface area contributed by atoms with Crippen molar-refractivity contribution in [3.05, 3.63) is 22.7 Å². The molecule has 112 valence electrons. The van der Waals surface area contributed by atoms with Crippen molar-refractivity contribution in [2.75, 3.05) is 13.2 Å². The quantitative estimate of drug-likeness (QED) is 0.316. The number of unbranched alkanes of at least 4 members (excludes halogenated alkanes) is 3. The van der Waals surface area contributed by atoms with E-state index >= 15 is 0 Å². The fourth-order valence-corrected chi connectivity index (χ4v) is 2.11. The van der Waals surface area contributed by atoms with E-state index in [9.17, 15) is 0 Å². The highest BCUT2D eigenvalue weighted by Crippen LogP contribution is 2.36. The molecule has 1 aromatic rings. The van der Waals surface area contributed by atoms with E-state index in [0.29, 0.717) is 35.3 Å². The molecule has 0 aliphatic heterocycles. The van der Waals surface area contributed by atoms with E-state index in [2.05, 4.69) is 12.1 Å². The van der Waals surface area contributed by atoms with Crippen LogP contribution in [0.4, 0.5) is 0 Å². The summed E-state index contributed by atoms with van der Waals surface area (Å²) in [6.45, 7) is 5.20. The van der Waals surface area contributed by atoms with Crippen molar-refractivity contribution in [2.45, 2.75) is 39.5 Å². The van der Waals surface area contributed by atoms with Crippen LogP contribution in [0.2, 0.25) is 5.02 Å². The molecule has 0 aliphatic carbocycles. The summed E-state index contributed by atoms with van der Waals surface area (Å²) in [5.41, 5.74) is 0.666. The molecule has 0 saturated carbocycles. The Morgan fingerprint density at radius 3 is 2.65 bits per heavy atom. The lowest BCUT2D eigenvalue weighted by atomic mass is 10.2. The Labute approximate surface area is 125 Å². The van der Waals surface area contributed by atoms with Crippen molar-refractivity contribution in [3.63, 3.8) is 0 Å². The van der Waals surface area contributed by atoms with E-state index in [-0.39, 0.29) is 0 Å². The summed E-state index contributed by atoms with van der Waals surface area (Å²) in [5, 5.41) is 12.0. The number of halogens is 1. The number of oxime groups is 1. The highest BCUT2D eigenvalue weighted by Gasteiger charge is 2.12. The number of nitrogens with zero attached hydrogens (tertiary/aromatic N) is 1. The van der Waals surface area contributed by atoms with E-state index in [1.165, 1.54) is 19.1 Å². The van der Waals surface area contributed by atoms with Gasteiger partial charge in [0, 0.05) is 5.56 Å². The normalized spacial score (nSPS) is 10.9. The second-order valence-electron chi connectivity index (χ2n) is 4.42. The fraction of sp³-hybridized carbons (Fsp3) is 0.533. The van der Waals surface area contributed by atoms with E-state index in [0.717, 1.165) is 12.8 Å². The Morgan fingerprint density at radius 2 is 2.00 bits per heavy atom. The van der Waals surface area contributed by atoms with Gasteiger partial charge in [0.2, 0.25) is 0 Å². The Balaban J connectivity index is 2.76. The fourth-order valence-electron chi connectivity index (χ4n) is 1.84. The van der Waals surface area contributed by atoms with Gasteiger partial charge >= 0.3 is 0 Å². The molecule has 0 unspecified atom stereocenters. The van der Waals surface area contributed by atoms with Crippen molar-refractivity contribution in [1.82, 2.24) is 0 Å². The van der Waals surface area contributed by atoms with Crippen LogP contribution in [0.15, 0.2) is 17.3 Å². The number of hydrogen-bond acceptors (Lipinski definition) is 4. The zero-order chi connectivity index (χ0) is 14.8. The first-order chi connectivity index (χ1) is 9.72. The third kappa shape index (κ3) is 5.29. The van der Waals surface area contributed by atoms with Gasteiger partial charge in [-0.2, -0.15) is 0 Å². The Hall–Kier alpha value is -1.42. The topological polar surface area (TPSA) is 51.0 Å². The lowest BCUT2D eigenvalue weighted by molar-refractivity contribution is 0.270. The molecule has 0 heterocycles. The third-order valence-electron chi connectivity index (χ3n) is 2.78. The van der Waals surface area contributed by atoms with E-state index in [1.54, 1.807) is 12.1 Å². The molecule has 1 rings (SSSR count). The Bertz CT molecular complexity index is 435. The lowest BCUT2D eigenvalue weighted by Gasteiger charge is -2.14. The first-order valence-corrected chi connectivity index (χ1v) is 7.37. The third-order valence-corrected chi connectivity index (χ3v) is 3.06. The average molecular weight is 300 g/mol. The molecule has 20 heavy (non-hydrogen) atoms. The highest BCUT2D eigenvalue weighted by molar-refractivity contribution is 6.32. The van der Waals surface area contributed by atoms with Crippen molar-refractivity contribution in [3.8, 4) is 11.5 Å². The van der Waals surface area contributed by atoms with Crippen LogP contribution in [-0.2, 0) is 0 Å². The molecule has 5 heteroatoms. The van der Waals surface area contributed by atoms with Gasteiger partial charge in [-0.25, -0.2) is 0 Å². The molecule has 0 aromatic heterocycles. The predicted molar refractivity (Wildman–Crippen MR) is 81.6 cm³/mol. The molecule has 0 atom stereocenters. The van der Waals surface area contributed by atoms with Gasteiger partial charge in [0.05, 0.1) is 24.5 Å².